The fraction of sp³-hybridized carbons (Fsp3) is 0.533. The number of nitrogens with one attached hydrogen (secondary N) is 1. The third-order valence-electron chi connectivity index (χ3n) is 3.35. The Bertz CT molecular complexity index is 496. The summed E-state index contributed by atoms with van der Waals surface area (Å²) in [5.74, 6) is -0.608. The molecule has 0 saturated carbocycles. The molecule has 5 nitrogen and oxygen atoms in total. The number of rotatable bonds is 6. The summed E-state index contributed by atoms with van der Waals surface area (Å²) >= 11 is 0. The average molecular weight is 315 g/mol. The van der Waals surface area contributed by atoms with Gasteiger partial charge in [0, 0.05) is 13.2 Å². The molecular weight excluding hydrogens is 296 g/mol. The summed E-state index contributed by atoms with van der Waals surface area (Å²) in [6.07, 6.45) is 0.361. The van der Waals surface area contributed by atoms with E-state index in [-0.39, 0.29) is 23.5 Å². The molecule has 22 heavy (non-hydrogen) atoms. The Hall–Kier alpha value is -1.73. The van der Waals surface area contributed by atoms with Crippen LogP contribution >= 0.6 is 0 Å². The van der Waals surface area contributed by atoms with Crippen molar-refractivity contribution in [2.75, 3.05) is 19.8 Å². The van der Waals surface area contributed by atoms with Gasteiger partial charge < -0.3 is 19.5 Å². The molecule has 0 aliphatic carbocycles. The highest BCUT2D eigenvalue weighted by Crippen LogP contribution is 2.21. The lowest BCUT2D eigenvalue weighted by molar-refractivity contribution is -0.0634. The van der Waals surface area contributed by atoms with Crippen LogP contribution in [0.15, 0.2) is 24.3 Å². The van der Waals surface area contributed by atoms with Crippen LogP contribution in [0.5, 0.6) is 5.75 Å². The van der Waals surface area contributed by atoms with Crippen LogP contribution in [0.4, 0.5) is 8.78 Å². The third kappa shape index (κ3) is 4.38. The van der Waals surface area contributed by atoms with Gasteiger partial charge in [0.1, 0.15) is 11.9 Å². The molecule has 1 aromatic rings. The number of hydrogen-bond acceptors (Lipinski definition) is 4. The van der Waals surface area contributed by atoms with Gasteiger partial charge in [0.05, 0.1) is 18.2 Å². The molecule has 1 amide bonds. The van der Waals surface area contributed by atoms with Crippen molar-refractivity contribution in [2.45, 2.75) is 32.1 Å². The lowest BCUT2D eigenvalue weighted by atomic mass is 10.0. The molecular formula is C15H19F2NO4. The summed E-state index contributed by atoms with van der Waals surface area (Å²) < 4.78 is 40.0. The SMILES string of the molecule is CCOC1COCCC1NC(=O)c1ccccc1OC(F)F. The minimum absolute atomic E-state index is 0.0736. The van der Waals surface area contributed by atoms with E-state index in [0.717, 1.165) is 0 Å². The van der Waals surface area contributed by atoms with Gasteiger partial charge >= 0.3 is 6.61 Å². The van der Waals surface area contributed by atoms with Gasteiger partial charge in [0.25, 0.3) is 5.91 Å². The van der Waals surface area contributed by atoms with Crippen LogP contribution in [-0.4, -0.2) is 44.5 Å². The average Bonchev–Trinajstić information content (AvgIpc) is 2.49. The number of ether oxygens (including phenoxy) is 3. The number of benzene rings is 1. The van der Waals surface area contributed by atoms with E-state index in [4.69, 9.17) is 9.47 Å². The van der Waals surface area contributed by atoms with E-state index in [1.165, 1.54) is 18.2 Å². The van der Waals surface area contributed by atoms with E-state index in [0.29, 0.717) is 26.2 Å². The van der Waals surface area contributed by atoms with Crippen LogP contribution in [-0.2, 0) is 9.47 Å². The van der Waals surface area contributed by atoms with Gasteiger partial charge in [-0.1, -0.05) is 12.1 Å². The van der Waals surface area contributed by atoms with Gasteiger partial charge in [-0.25, -0.2) is 0 Å². The van der Waals surface area contributed by atoms with Crippen molar-refractivity contribution in [1.29, 1.82) is 0 Å². The van der Waals surface area contributed by atoms with Crippen molar-refractivity contribution in [2.24, 2.45) is 0 Å². The Kier molecular flexibility index (Phi) is 6.09. The van der Waals surface area contributed by atoms with Crippen LogP contribution < -0.4 is 10.1 Å². The maximum absolute atomic E-state index is 12.4. The molecule has 1 saturated heterocycles. The topological polar surface area (TPSA) is 56.8 Å². The van der Waals surface area contributed by atoms with Gasteiger partial charge in [-0.3, -0.25) is 4.79 Å². The maximum atomic E-state index is 12.4. The Balaban J connectivity index is 2.07. The predicted octanol–water partition coefficient (Wildman–Crippen LogP) is 2.21. The molecule has 2 rings (SSSR count). The number of carbonyl (C=O) groups excluding carboxylic acids is 1. The van der Waals surface area contributed by atoms with Gasteiger partial charge in [-0.2, -0.15) is 8.78 Å². The van der Waals surface area contributed by atoms with Crippen LogP contribution in [0.1, 0.15) is 23.7 Å². The normalized spacial score (nSPS) is 21.6. The molecule has 122 valence electrons. The van der Waals surface area contributed by atoms with Crippen molar-refractivity contribution in [3.05, 3.63) is 29.8 Å². The highest BCUT2D eigenvalue weighted by molar-refractivity contribution is 5.97. The van der Waals surface area contributed by atoms with Crippen LogP contribution in [0.25, 0.3) is 0 Å². The highest BCUT2D eigenvalue weighted by Gasteiger charge is 2.28. The van der Waals surface area contributed by atoms with Crippen LogP contribution in [0, 0.1) is 0 Å². The first-order chi connectivity index (χ1) is 10.6. The summed E-state index contributed by atoms with van der Waals surface area (Å²) in [5, 5.41) is 2.81. The fourth-order valence-corrected chi connectivity index (χ4v) is 2.35. The van der Waals surface area contributed by atoms with E-state index in [2.05, 4.69) is 10.1 Å². The molecule has 1 aliphatic rings. The summed E-state index contributed by atoms with van der Waals surface area (Å²) in [7, 11) is 0. The molecule has 0 radical (unpaired) electrons. The predicted molar refractivity (Wildman–Crippen MR) is 75.2 cm³/mol. The first-order valence-corrected chi connectivity index (χ1v) is 7.16. The molecule has 0 bridgehead atoms. The van der Waals surface area contributed by atoms with Crippen molar-refractivity contribution >= 4 is 5.91 Å². The first-order valence-electron chi connectivity index (χ1n) is 7.16. The quantitative estimate of drug-likeness (QED) is 0.874. The second kappa shape index (κ2) is 8.05. The van der Waals surface area contributed by atoms with E-state index < -0.39 is 12.5 Å². The molecule has 0 spiro atoms. The van der Waals surface area contributed by atoms with E-state index in [1.807, 2.05) is 6.92 Å². The molecule has 2 unspecified atom stereocenters. The zero-order chi connectivity index (χ0) is 15.9. The number of halogens is 2. The second-order valence-corrected chi connectivity index (χ2v) is 4.81. The van der Waals surface area contributed by atoms with E-state index in [1.54, 1.807) is 6.07 Å². The zero-order valence-corrected chi connectivity index (χ0v) is 12.3. The Morgan fingerprint density at radius 3 is 2.95 bits per heavy atom. The van der Waals surface area contributed by atoms with Crippen LogP contribution in [0.3, 0.4) is 0 Å². The second-order valence-electron chi connectivity index (χ2n) is 4.81. The summed E-state index contributed by atoms with van der Waals surface area (Å²) in [4.78, 5) is 12.3. The summed E-state index contributed by atoms with van der Waals surface area (Å²) in [6, 6.07) is 5.69. The number of alkyl halides is 2. The van der Waals surface area contributed by atoms with Crippen molar-refractivity contribution in [1.82, 2.24) is 5.32 Å². The third-order valence-corrected chi connectivity index (χ3v) is 3.35. The van der Waals surface area contributed by atoms with Gasteiger partial charge in [0.15, 0.2) is 0 Å². The Morgan fingerprint density at radius 2 is 2.23 bits per heavy atom. The van der Waals surface area contributed by atoms with Gasteiger partial charge in [-0.05, 0) is 25.5 Å². The Morgan fingerprint density at radius 1 is 1.45 bits per heavy atom. The van der Waals surface area contributed by atoms with Crippen molar-refractivity contribution in [3.63, 3.8) is 0 Å². The van der Waals surface area contributed by atoms with Gasteiger partial charge in [-0.15, -0.1) is 0 Å². The lowest BCUT2D eigenvalue weighted by Crippen LogP contribution is -2.50. The molecule has 1 N–H and O–H groups in total. The molecule has 7 heteroatoms. The minimum atomic E-state index is -2.98. The minimum Gasteiger partial charge on any atom is -0.434 e. The Labute approximate surface area is 127 Å². The fourth-order valence-electron chi connectivity index (χ4n) is 2.35. The largest absolute Gasteiger partial charge is 0.434 e. The molecule has 1 aliphatic heterocycles. The number of carbonyl (C=O) groups is 1. The van der Waals surface area contributed by atoms with Gasteiger partial charge in [0.2, 0.25) is 0 Å². The van der Waals surface area contributed by atoms with Crippen LogP contribution in [0.2, 0.25) is 0 Å². The molecule has 1 aromatic carbocycles. The highest BCUT2D eigenvalue weighted by atomic mass is 19.3. The smallest absolute Gasteiger partial charge is 0.387 e. The molecule has 2 atom stereocenters. The summed E-state index contributed by atoms with van der Waals surface area (Å²) in [6.45, 7) is 0.302. The summed E-state index contributed by atoms with van der Waals surface area (Å²) in [5.41, 5.74) is 0.0736. The standard InChI is InChI=1S/C15H19F2NO4/c1-2-21-13-9-20-8-7-11(13)18-14(19)10-5-3-4-6-12(10)22-15(16)17/h3-6,11,13,15H,2,7-9H2,1H3,(H,18,19). The number of hydrogen-bond donors (Lipinski definition) is 1. The van der Waals surface area contributed by atoms with Crippen molar-refractivity contribution in [3.8, 4) is 5.75 Å². The van der Waals surface area contributed by atoms with E-state index in [9.17, 15) is 13.6 Å². The molecule has 1 fully saturated rings. The monoisotopic (exact) mass is 315 g/mol. The maximum Gasteiger partial charge on any atom is 0.387 e. The molecule has 0 aromatic heterocycles. The first kappa shape index (κ1) is 16.6. The molecule has 1 heterocycles. The van der Waals surface area contributed by atoms with E-state index >= 15 is 0 Å². The van der Waals surface area contributed by atoms with Crippen molar-refractivity contribution < 1.29 is 27.8 Å². The lowest BCUT2D eigenvalue weighted by Gasteiger charge is -2.31. The number of amides is 1. The number of para-hydroxylation sites is 1. The zero-order valence-electron chi connectivity index (χ0n) is 12.3.